The van der Waals surface area contributed by atoms with Gasteiger partial charge in [-0.05, 0) is 56.0 Å². The van der Waals surface area contributed by atoms with Gasteiger partial charge in [-0.15, -0.1) is 0 Å². The van der Waals surface area contributed by atoms with Crippen LogP contribution in [0, 0.1) is 23.7 Å². The number of carbonyl (C=O) groups is 5. The molecule has 0 aromatic heterocycles. The van der Waals surface area contributed by atoms with E-state index in [1.165, 1.54) is 14.2 Å². The van der Waals surface area contributed by atoms with E-state index in [0.29, 0.717) is 38.6 Å². The van der Waals surface area contributed by atoms with Crippen molar-refractivity contribution in [1.82, 2.24) is 30.5 Å². The zero-order valence-corrected chi connectivity index (χ0v) is 37.3. The number of benzene rings is 1. The van der Waals surface area contributed by atoms with E-state index < -0.39 is 75.4 Å². The molecular formula is C42H70N6O9S. The largest absolute Gasteiger partial charge is 0.379 e. The zero-order chi connectivity index (χ0) is 43.5. The average Bonchev–Trinajstić information content (AvgIpc) is 3.95. The molecule has 0 bridgehead atoms. The van der Waals surface area contributed by atoms with E-state index >= 15 is 0 Å². The van der Waals surface area contributed by atoms with E-state index in [1.807, 2.05) is 47.6 Å². The number of sulfonamides is 1. The first-order chi connectivity index (χ1) is 27.3. The normalized spacial score (nSPS) is 20.0. The van der Waals surface area contributed by atoms with E-state index in [4.69, 9.17) is 9.47 Å². The predicted molar refractivity (Wildman–Crippen MR) is 223 cm³/mol. The van der Waals surface area contributed by atoms with Crippen molar-refractivity contribution >= 4 is 39.6 Å². The molecule has 0 spiro atoms. The minimum atomic E-state index is -3.86. The van der Waals surface area contributed by atoms with Gasteiger partial charge < -0.3 is 35.2 Å². The van der Waals surface area contributed by atoms with Crippen molar-refractivity contribution in [1.29, 1.82) is 0 Å². The lowest BCUT2D eigenvalue weighted by molar-refractivity contribution is -0.148. The SMILES string of the molecule is CCC(C)C(C(CC(=O)N1CCCC1C(OC)C(C)C(=O)NC(Cc1ccccc1)C(=O)NS(=O)(=O)C1CC1)OC)N(C)C(=O)C(NC(=O)C(NC)C(C)C)C(C)C. The molecule has 1 aromatic carbocycles. The number of likely N-dealkylation sites (tertiary alicyclic amines) is 1. The number of rotatable bonds is 23. The monoisotopic (exact) mass is 834 g/mol. The highest BCUT2D eigenvalue weighted by atomic mass is 32.2. The van der Waals surface area contributed by atoms with Crippen LogP contribution in [0.5, 0.6) is 0 Å². The topological polar surface area (TPSA) is 193 Å². The maximum Gasteiger partial charge on any atom is 0.256 e. The number of nitrogens with one attached hydrogen (secondary N) is 4. The Kier molecular flexibility index (Phi) is 18.6. The number of methoxy groups -OCH3 is 2. The Morgan fingerprint density at radius 1 is 0.862 bits per heavy atom. The van der Waals surface area contributed by atoms with Gasteiger partial charge in [0.25, 0.3) is 5.91 Å². The quantitative estimate of drug-likeness (QED) is 0.128. The number of carbonyl (C=O) groups excluding carboxylic acids is 5. The van der Waals surface area contributed by atoms with Gasteiger partial charge in [-0.25, -0.2) is 8.42 Å². The highest BCUT2D eigenvalue weighted by Crippen LogP contribution is 2.30. The average molecular weight is 835 g/mol. The second kappa shape index (κ2) is 22.1. The van der Waals surface area contributed by atoms with Gasteiger partial charge in [-0.2, -0.15) is 0 Å². The third kappa shape index (κ3) is 12.7. The Labute approximate surface area is 346 Å². The van der Waals surface area contributed by atoms with Crippen LogP contribution in [0.15, 0.2) is 30.3 Å². The smallest absolute Gasteiger partial charge is 0.256 e. The summed E-state index contributed by atoms with van der Waals surface area (Å²) in [7, 11) is 2.56. The van der Waals surface area contributed by atoms with E-state index in [1.54, 1.807) is 55.1 Å². The Morgan fingerprint density at radius 2 is 1.48 bits per heavy atom. The molecule has 1 aliphatic carbocycles. The van der Waals surface area contributed by atoms with Crippen LogP contribution in [0.4, 0.5) is 0 Å². The summed E-state index contributed by atoms with van der Waals surface area (Å²) in [5.74, 6) is -3.18. The van der Waals surface area contributed by atoms with E-state index in [2.05, 4.69) is 20.7 Å². The zero-order valence-electron chi connectivity index (χ0n) is 36.4. The summed E-state index contributed by atoms with van der Waals surface area (Å²) in [6.07, 6.45) is 1.50. The van der Waals surface area contributed by atoms with Gasteiger partial charge in [0, 0.05) is 34.2 Å². The summed E-state index contributed by atoms with van der Waals surface area (Å²) in [6, 6.07) is 5.59. The van der Waals surface area contributed by atoms with Crippen molar-refractivity contribution < 1.29 is 41.9 Å². The van der Waals surface area contributed by atoms with Crippen LogP contribution in [0.3, 0.4) is 0 Å². The molecule has 1 saturated carbocycles. The molecule has 1 heterocycles. The van der Waals surface area contributed by atoms with Crippen molar-refractivity contribution in [3.05, 3.63) is 35.9 Å². The van der Waals surface area contributed by atoms with Crippen molar-refractivity contribution in [3.63, 3.8) is 0 Å². The summed E-state index contributed by atoms with van der Waals surface area (Å²) in [4.78, 5) is 72.3. The Balaban J connectivity index is 1.80. The second-order valence-corrected chi connectivity index (χ2v) is 18.8. The Bertz CT molecular complexity index is 1640. The summed E-state index contributed by atoms with van der Waals surface area (Å²) in [5.41, 5.74) is 0.740. The minimum absolute atomic E-state index is 0.00711. The molecule has 2 fully saturated rings. The molecule has 58 heavy (non-hydrogen) atoms. The van der Waals surface area contributed by atoms with Crippen LogP contribution >= 0.6 is 0 Å². The van der Waals surface area contributed by atoms with Crippen LogP contribution in [-0.2, 0) is 49.9 Å². The van der Waals surface area contributed by atoms with Crippen LogP contribution in [0.2, 0.25) is 0 Å². The first-order valence-electron chi connectivity index (χ1n) is 20.8. The maximum atomic E-state index is 14.3. The molecule has 1 saturated heterocycles. The first kappa shape index (κ1) is 48.8. The van der Waals surface area contributed by atoms with Crippen molar-refractivity contribution in [3.8, 4) is 0 Å². The maximum absolute atomic E-state index is 14.3. The molecule has 328 valence electrons. The number of likely N-dealkylation sites (N-methyl/N-ethyl adjacent to an activating group) is 2. The van der Waals surface area contributed by atoms with Gasteiger partial charge in [-0.3, -0.25) is 28.7 Å². The molecule has 4 N–H and O–H groups in total. The third-order valence-corrected chi connectivity index (χ3v) is 13.7. The van der Waals surface area contributed by atoms with Crippen LogP contribution in [-0.4, -0.2) is 130 Å². The summed E-state index contributed by atoms with van der Waals surface area (Å²) in [5, 5.41) is 8.18. The molecule has 15 nitrogen and oxygen atoms in total. The summed E-state index contributed by atoms with van der Waals surface area (Å²) >= 11 is 0. The first-order valence-corrected chi connectivity index (χ1v) is 22.4. The Hall–Kier alpha value is -3.60. The van der Waals surface area contributed by atoms with E-state index in [-0.39, 0.29) is 48.3 Å². The molecular weight excluding hydrogens is 765 g/mol. The number of nitrogens with zero attached hydrogens (tertiary/aromatic N) is 2. The molecule has 2 aliphatic rings. The number of amides is 5. The summed E-state index contributed by atoms with van der Waals surface area (Å²) < 4.78 is 39.5. The van der Waals surface area contributed by atoms with Gasteiger partial charge in [0.2, 0.25) is 33.7 Å². The predicted octanol–water partition coefficient (Wildman–Crippen LogP) is 2.63. The van der Waals surface area contributed by atoms with Crippen molar-refractivity contribution in [2.45, 2.75) is 141 Å². The Morgan fingerprint density at radius 3 is 2.00 bits per heavy atom. The molecule has 9 unspecified atom stereocenters. The highest BCUT2D eigenvalue weighted by Gasteiger charge is 2.44. The molecule has 5 amide bonds. The van der Waals surface area contributed by atoms with Crippen LogP contribution in [0.1, 0.15) is 92.6 Å². The van der Waals surface area contributed by atoms with Gasteiger partial charge in [0.05, 0.1) is 47.9 Å². The number of hydrogen-bond acceptors (Lipinski definition) is 10. The molecule has 1 aromatic rings. The number of hydrogen-bond donors (Lipinski definition) is 4. The van der Waals surface area contributed by atoms with Crippen molar-refractivity contribution in [2.24, 2.45) is 23.7 Å². The second-order valence-electron chi connectivity index (χ2n) is 16.8. The third-order valence-electron chi connectivity index (χ3n) is 11.9. The van der Waals surface area contributed by atoms with Gasteiger partial charge in [0.1, 0.15) is 12.1 Å². The fourth-order valence-electron chi connectivity index (χ4n) is 8.08. The molecule has 16 heteroatoms. The standard InChI is InChI=1S/C42H70N6O9S/c1-12-27(6)37(47(9)42(53)36(26(4)5)45-41(52)35(43-8)25(2)3)33(56-10)24-34(49)48-22-16-19-32(48)38(57-11)28(7)39(50)44-31(23-29-17-14-13-15-18-29)40(51)46-58(54,55)30-20-21-30/h13-15,17-18,25-28,30-33,35-38,43H,12,16,19-24H2,1-11H3,(H,44,50)(H,45,52)(H,46,51). The molecule has 3 rings (SSSR count). The van der Waals surface area contributed by atoms with E-state index in [9.17, 15) is 32.4 Å². The lowest BCUT2D eigenvalue weighted by Crippen LogP contribution is -2.59. The summed E-state index contributed by atoms with van der Waals surface area (Å²) in [6.45, 7) is 13.8. The van der Waals surface area contributed by atoms with E-state index in [0.717, 1.165) is 5.56 Å². The van der Waals surface area contributed by atoms with Gasteiger partial charge >= 0.3 is 0 Å². The fraction of sp³-hybridized carbons (Fsp3) is 0.738. The van der Waals surface area contributed by atoms with Crippen LogP contribution in [0.25, 0.3) is 0 Å². The molecule has 0 radical (unpaired) electrons. The highest BCUT2D eigenvalue weighted by molar-refractivity contribution is 7.90. The molecule has 9 atom stereocenters. The van der Waals surface area contributed by atoms with Crippen LogP contribution < -0.4 is 20.7 Å². The fourth-order valence-corrected chi connectivity index (χ4v) is 9.43. The van der Waals surface area contributed by atoms with Gasteiger partial charge in [-0.1, -0.05) is 85.2 Å². The van der Waals surface area contributed by atoms with Gasteiger partial charge in [0.15, 0.2) is 0 Å². The van der Waals surface area contributed by atoms with Crippen molar-refractivity contribution in [2.75, 3.05) is 34.9 Å². The lowest BCUT2D eigenvalue weighted by Gasteiger charge is -2.41. The number of ether oxygens (including phenoxy) is 2. The lowest BCUT2D eigenvalue weighted by atomic mass is 9.89. The minimum Gasteiger partial charge on any atom is -0.379 e. The molecule has 1 aliphatic heterocycles.